The molecule has 3 heterocycles. The molecule has 0 radical (unpaired) electrons. The maximum atomic E-state index is 12.7. The number of carbonyl (C=O) groups is 2. The summed E-state index contributed by atoms with van der Waals surface area (Å²) < 4.78 is 10.3. The highest BCUT2D eigenvalue weighted by molar-refractivity contribution is 5.95. The molecule has 1 amide bonds. The average Bonchev–Trinajstić information content (AvgIpc) is 3.25. The minimum absolute atomic E-state index is 0.0163. The molecule has 1 aliphatic rings. The molecule has 1 fully saturated rings. The standard InChI is InChI=1S/C24H24N2O4/c1-29-24(28)20-11-15-30-22(20)16-17-9-13-26(14-10-17)23(27)7-6-18-8-12-25-21-5-3-2-4-19(18)21/h2-8,11-12,15,17H,9-10,13-14,16H2,1H3. The first-order chi connectivity index (χ1) is 14.7. The van der Waals surface area contributed by atoms with Crippen molar-refractivity contribution in [3.63, 3.8) is 0 Å². The van der Waals surface area contributed by atoms with Gasteiger partial charge >= 0.3 is 5.97 Å². The molecule has 6 heteroatoms. The lowest BCUT2D eigenvalue weighted by atomic mass is 9.91. The summed E-state index contributed by atoms with van der Waals surface area (Å²) in [6, 6.07) is 11.5. The quantitative estimate of drug-likeness (QED) is 0.473. The molecule has 0 aliphatic carbocycles. The molecular weight excluding hydrogens is 380 g/mol. The van der Waals surface area contributed by atoms with Gasteiger partial charge in [-0.05, 0) is 48.6 Å². The number of pyridine rings is 1. The largest absolute Gasteiger partial charge is 0.468 e. The number of methoxy groups -OCH3 is 1. The van der Waals surface area contributed by atoms with Crippen molar-refractivity contribution in [3.05, 3.63) is 71.8 Å². The number of rotatable bonds is 5. The highest BCUT2D eigenvalue weighted by Gasteiger charge is 2.25. The first-order valence-electron chi connectivity index (χ1n) is 10.1. The second-order valence-electron chi connectivity index (χ2n) is 7.47. The Labute approximate surface area is 175 Å². The van der Waals surface area contributed by atoms with Crippen molar-refractivity contribution in [2.24, 2.45) is 5.92 Å². The Balaban J connectivity index is 1.35. The average molecular weight is 404 g/mol. The zero-order valence-corrected chi connectivity index (χ0v) is 16.9. The van der Waals surface area contributed by atoms with E-state index in [-0.39, 0.29) is 11.9 Å². The summed E-state index contributed by atoms with van der Waals surface area (Å²) in [5, 5.41) is 1.03. The molecule has 6 nitrogen and oxygen atoms in total. The molecule has 1 aromatic carbocycles. The summed E-state index contributed by atoms with van der Waals surface area (Å²) in [7, 11) is 1.37. The molecule has 0 spiro atoms. The van der Waals surface area contributed by atoms with Crippen LogP contribution in [0.3, 0.4) is 0 Å². The van der Waals surface area contributed by atoms with Crippen LogP contribution in [0.25, 0.3) is 17.0 Å². The van der Waals surface area contributed by atoms with Crippen LogP contribution in [0.5, 0.6) is 0 Å². The van der Waals surface area contributed by atoms with Crippen molar-refractivity contribution in [1.82, 2.24) is 9.88 Å². The Morgan fingerprint density at radius 2 is 2.00 bits per heavy atom. The van der Waals surface area contributed by atoms with E-state index in [1.54, 1.807) is 18.3 Å². The van der Waals surface area contributed by atoms with E-state index in [1.165, 1.54) is 13.4 Å². The van der Waals surface area contributed by atoms with Crippen LogP contribution in [0.1, 0.15) is 34.5 Å². The predicted molar refractivity (Wildman–Crippen MR) is 114 cm³/mol. The fraction of sp³-hybridized carbons (Fsp3) is 0.292. The Morgan fingerprint density at radius 3 is 2.80 bits per heavy atom. The summed E-state index contributed by atoms with van der Waals surface area (Å²) in [5.41, 5.74) is 2.39. The molecule has 0 saturated carbocycles. The maximum absolute atomic E-state index is 12.7. The molecule has 1 saturated heterocycles. The highest BCUT2D eigenvalue weighted by atomic mass is 16.5. The van der Waals surface area contributed by atoms with Gasteiger partial charge in [0.25, 0.3) is 0 Å². The van der Waals surface area contributed by atoms with Crippen molar-refractivity contribution in [2.45, 2.75) is 19.3 Å². The summed E-state index contributed by atoms with van der Waals surface area (Å²) >= 11 is 0. The maximum Gasteiger partial charge on any atom is 0.341 e. The molecule has 3 aromatic rings. The monoisotopic (exact) mass is 404 g/mol. The number of benzene rings is 1. The van der Waals surface area contributed by atoms with E-state index in [1.807, 2.05) is 41.3 Å². The number of ether oxygens (including phenoxy) is 1. The van der Waals surface area contributed by atoms with Crippen LogP contribution in [0.2, 0.25) is 0 Å². The van der Waals surface area contributed by atoms with Gasteiger partial charge in [-0.3, -0.25) is 9.78 Å². The van der Waals surface area contributed by atoms with Crippen molar-refractivity contribution in [1.29, 1.82) is 0 Å². The molecule has 0 atom stereocenters. The van der Waals surface area contributed by atoms with Gasteiger partial charge in [-0.2, -0.15) is 0 Å². The third-order valence-electron chi connectivity index (χ3n) is 5.64. The van der Waals surface area contributed by atoms with Gasteiger partial charge in [-0.1, -0.05) is 18.2 Å². The van der Waals surface area contributed by atoms with Crippen LogP contribution >= 0.6 is 0 Å². The first kappa shape index (κ1) is 19.9. The summed E-state index contributed by atoms with van der Waals surface area (Å²) in [6.07, 6.45) is 9.22. The van der Waals surface area contributed by atoms with E-state index in [9.17, 15) is 9.59 Å². The zero-order valence-electron chi connectivity index (χ0n) is 16.9. The van der Waals surface area contributed by atoms with E-state index >= 15 is 0 Å². The third kappa shape index (κ3) is 4.27. The normalized spacial score (nSPS) is 15.0. The molecule has 30 heavy (non-hydrogen) atoms. The van der Waals surface area contributed by atoms with Gasteiger partial charge < -0.3 is 14.1 Å². The Hall–Kier alpha value is -3.41. The van der Waals surface area contributed by atoms with Crippen LogP contribution in [0.15, 0.2) is 59.4 Å². The zero-order chi connectivity index (χ0) is 20.9. The van der Waals surface area contributed by atoms with Crippen LogP contribution in [0, 0.1) is 5.92 Å². The van der Waals surface area contributed by atoms with E-state index in [2.05, 4.69) is 4.98 Å². The number of amides is 1. The number of esters is 1. The Morgan fingerprint density at radius 1 is 1.20 bits per heavy atom. The minimum Gasteiger partial charge on any atom is -0.468 e. The van der Waals surface area contributed by atoms with E-state index in [0.29, 0.717) is 36.8 Å². The number of likely N-dealkylation sites (tertiary alicyclic amines) is 1. The van der Waals surface area contributed by atoms with Gasteiger partial charge in [0.2, 0.25) is 5.91 Å². The molecule has 0 unspecified atom stereocenters. The summed E-state index contributed by atoms with van der Waals surface area (Å²) in [4.78, 5) is 30.7. The van der Waals surface area contributed by atoms with Crippen LogP contribution in [-0.2, 0) is 16.0 Å². The second-order valence-corrected chi connectivity index (χ2v) is 7.47. The highest BCUT2D eigenvalue weighted by Crippen LogP contribution is 2.25. The SMILES string of the molecule is COC(=O)c1ccoc1CC1CCN(C(=O)C=Cc2ccnc3ccccc23)CC1. The molecular formula is C24H24N2O4. The lowest BCUT2D eigenvalue weighted by Gasteiger charge is -2.31. The number of nitrogens with zero attached hydrogens (tertiary/aromatic N) is 2. The summed E-state index contributed by atoms with van der Waals surface area (Å²) in [5.74, 6) is 0.676. The van der Waals surface area contributed by atoms with E-state index in [0.717, 1.165) is 29.3 Å². The number of para-hydroxylation sites is 1. The first-order valence-corrected chi connectivity index (χ1v) is 10.1. The smallest absolute Gasteiger partial charge is 0.341 e. The van der Waals surface area contributed by atoms with Gasteiger partial charge in [-0.15, -0.1) is 0 Å². The van der Waals surface area contributed by atoms with E-state index in [4.69, 9.17) is 9.15 Å². The third-order valence-corrected chi connectivity index (χ3v) is 5.64. The molecule has 1 aliphatic heterocycles. The van der Waals surface area contributed by atoms with Crippen molar-refractivity contribution in [3.8, 4) is 0 Å². The number of hydrogen-bond donors (Lipinski definition) is 0. The lowest BCUT2D eigenvalue weighted by Crippen LogP contribution is -2.38. The van der Waals surface area contributed by atoms with Gasteiger partial charge in [0, 0.05) is 37.2 Å². The topological polar surface area (TPSA) is 72.6 Å². The van der Waals surface area contributed by atoms with Crippen LogP contribution < -0.4 is 0 Å². The second kappa shape index (κ2) is 8.95. The molecule has 0 N–H and O–H groups in total. The molecule has 4 rings (SSSR count). The Kier molecular flexibility index (Phi) is 5.93. The van der Waals surface area contributed by atoms with Crippen molar-refractivity contribution in [2.75, 3.05) is 20.2 Å². The predicted octanol–water partition coefficient (Wildman–Crippen LogP) is 4.11. The van der Waals surface area contributed by atoms with Gasteiger partial charge in [0.15, 0.2) is 0 Å². The molecule has 154 valence electrons. The number of hydrogen-bond acceptors (Lipinski definition) is 5. The van der Waals surface area contributed by atoms with Gasteiger partial charge in [0.1, 0.15) is 11.3 Å². The minimum atomic E-state index is -0.375. The number of piperidine rings is 1. The summed E-state index contributed by atoms with van der Waals surface area (Å²) in [6.45, 7) is 1.39. The molecule has 0 bridgehead atoms. The van der Waals surface area contributed by atoms with Crippen LogP contribution in [0.4, 0.5) is 0 Å². The number of aromatic nitrogens is 1. The van der Waals surface area contributed by atoms with Crippen LogP contribution in [-0.4, -0.2) is 42.0 Å². The number of carbonyl (C=O) groups excluding carboxylic acids is 2. The fourth-order valence-electron chi connectivity index (χ4n) is 3.94. The Bertz CT molecular complexity index is 1070. The number of furan rings is 1. The number of fused-ring (bicyclic) bond motifs is 1. The lowest BCUT2D eigenvalue weighted by molar-refractivity contribution is -0.127. The van der Waals surface area contributed by atoms with Crippen molar-refractivity contribution >= 4 is 28.9 Å². The van der Waals surface area contributed by atoms with Gasteiger partial charge in [0.05, 0.1) is 18.9 Å². The van der Waals surface area contributed by atoms with Gasteiger partial charge in [-0.25, -0.2) is 4.79 Å². The van der Waals surface area contributed by atoms with Crippen molar-refractivity contribution < 1.29 is 18.7 Å². The molecule has 2 aromatic heterocycles. The van der Waals surface area contributed by atoms with E-state index < -0.39 is 0 Å². The fourth-order valence-corrected chi connectivity index (χ4v) is 3.94.